The number of benzene rings is 2. The molecule has 1 fully saturated rings. The summed E-state index contributed by atoms with van der Waals surface area (Å²) in [5.41, 5.74) is 1.76. The van der Waals surface area contributed by atoms with E-state index in [-0.39, 0.29) is 18.3 Å². The van der Waals surface area contributed by atoms with E-state index in [9.17, 15) is 9.18 Å². The van der Waals surface area contributed by atoms with Crippen molar-refractivity contribution in [3.8, 4) is 5.75 Å². The molecular formula is C23H26FN3O3S. The van der Waals surface area contributed by atoms with Gasteiger partial charge in [-0.3, -0.25) is 14.6 Å². The first-order valence-corrected chi connectivity index (χ1v) is 11.3. The van der Waals surface area contributed by atoms with Crippen molar-refractivity contribution in [3.63, 3.8) is 0 Å². The Hall–Kier alpha value is -2.55. The highest BCUT2D eigenvalue weighted by atomic mass is 32.1. The Kier molecular flexibility index (Phi) is 7.11. The Balaban J connectivity index is 1.46. The zero-order valence-electron chi connectivity index (χ0n) is 17.6. The standard InChI is InChI=1S/C23H26FN3O3S/c1-17-4-2-5-19(14-17)30-16-22(28)27(9-3-8-26-10-12-29-13-11-26)23-25-20-7-6-18(24)15-21(20)31-23/h2,4-7,14-15H,3,8-13,16H2,1H3. The van der Waals surface area contributed by atoms with Crippen LogP contribution in [0.15, 0.2) is 42.5 Å². The number of anilines is 1. The van der Waals surface area contributed by atoms with E-state index in [1.54, 1.807) is 11.0 Å². The van der Waals surface area contributed by atoms with Gasteiger partial charge in [0.25, 0.3) is 5.91 Å². The van der Waals surface area contributed by atoms with Crippen molar-refractivity contribution in [2.75, 3.05) is 50.9 Å². The first-order valence-electron chi connectivity index (χ1n) is 10.4. The minimum Gasteiger partial charge on any atom is -0.484 e. The lowest BCUT2D eigenvalue weighted by atomic mass is 10.2. The van der Waals surface area contributed by atoms with Crippen molar-refractivity contribution in [2.24, 2.45) is 0 Å². The average molecular weight is 444 g/mol. The van der Waals surface area contributed by atoms with E-state index in [0.717, 1.165) is 49.5 Å². The van der Waals surface area contributed by atoms with Crippen LogP contribution in [0.2, 0.25) is 0 Å². The van der Waals surface area contributed by atoms with Crippen molar-refractivity contribution in [1.82, 2.24) is 9.88 Å². The predicted octanol–water partition coefficient (Wildman–Crippen LogP) is 3.88. The van der Waals surface area contributed by atoms with Crippen molar-refractivity contribution in [1.29, 1.82) is 0 Å². The van der Waals surface area contributed by atoms with Gasteiger partial charge in [-0.2, -0.15) is 0 Å². The highest BCUT2D eigenvalue weighted by Crippen LogP contribution is 2.29. The molecule has 4 rings (SSSR count). The first-order chi connectivity index (χ1) is 15.1. The van der Waals surface area contributed by atoms with E-state index >= 15 is 0 Å². The normalized spacial score (nSPS) is 14.6. The number of rotatable bonds is 8. The fourth-order valence-electron chi connectivity index (χ4n) is 3.53. The maximum absolute atomic E-state index is 13.6. The van der Waals surface area contributed by atoms with Crippen LogP contribution in [0.4, 0.5) is 9.52 Å². The molecule has 1 aromatic heterocycles. The van der Waals surface area contributed by atoms with Gasteiger partial charge in [0.15, 0.2) is 11.7 Å². The summed E-state index contributed by atoms with van der Waals surface area (Å²) in [6.07, 6.45) is 0.806. The molecule has 6 nitrogen and oxygen atoms in total. The molecule has 2 aromatic carbocycles. The summed E-state index contributed by atoms with van der Waals surface area (Å²) < 4.78 is 25.5. The Labute approximate surface area is 185 Å². The molecule has 0 saturated carbocycles. The van der Waals surface area contributed by atoms with Gasteiger partial charge < -0.3 is 9.47 Å². The van der Waals surface area contributed by atoms with Crippen molar-refractivity contribution < 1.29 is 18.7 Å². The third-order valence-corrected chi connectivity index (χ3v) is 6.22. The Morgan fingerprint density at radius 2 is 2.10 bits per heavy atom. The fraction of sp³-hybridized carbons (Fsp3) is 0.391. The summed E-state index contributed by atoms with van der Waals surface area (Å²) in [6, 6.07) is 12.1. The van der Waals surface area contributed by atoms with Gasteiger partial charge in [-0.05, 0) is 49.2 Å². The number of morpholine rings is 1. The molecular weight excluding hydrogens is 417 g/mol. The average Bonchev–Trinajstić information content (AvgIpc) is 3.18. The highest BCUT2D eigenvalue weighted by molar-refractivity contribution is 7.22. The minimum atomic E-state index is -0.310. The predicted molar refractivity (Wildman–Crippen MR) is 120 cm³/mol. The molecule has 0 atom stereocenters. The fourth-order valence-corrected chi connectivity index (χ4v) is 4.57. The van der Waals surface area contributed by atoms with Crippen LogP contribution in [-0.4, -0.2) is 61.8 Å². The molecule has 1 saturated heterocycles. The van der Waals surface area contributed by atoms with E-state index in [1.807, 2.05) is 31.2 Å². The third-order valence-electron chi connectivity index (χ3n) is 5.18. The summed E-state index contributed by atoms with van der Waals surface area (Å²) >= 11 is 1.32. The molecule has 0 aliphatic carbocycles. The van der Waals surface area contributed by atoms with Gasteiger partial charge in [-0.15, -0.1) is 0 Å². The van der Waals surface area contributed by atoms with E-state index in [0.29, 0.717) is 22.9 Å². The van der Waals surface area contributed by atoms with E-state index in [1.165, 1.54) is 23.5 Å². The van der Waals surface area contributed by atoms with Crippen LogP contribution in [0.1, 0.15) is 12.0 Å². The number of halogens is 1. The smallest absolute Gasteiger partial charge is 0.266 e. The lowest BCUT2D eigenvalue weighted by molar-refractivity contribution is -0.120. The number of aryl methyl sites for hydroxylation is 1. The molecule has 0 N–H and O–H groups in total. The number of aromatic nitrogens is 1. The Morgan fingerprint density at radius 3 is 2.90 bits per heavy atom. The largest absolute Gasteiger partial charge is 0.484 e. The number of hydrogen-bond acceptors (Lipinski definition) is 6. The molecule has 1 amide bonds. The minimum absolute atomic E-state index is 0.0781. The Morgan fingerprint density at radius 1 is 1.26 bits per heavy atom. The maximum Gasteiger partial charge on any atom is 0.266 e. The van der Waals surface area contributed by atoms with Crippen LogP contribution in [-0.2, 0) is 9.53 Å². The SMILES string of the molecule is Cc1cccc(OCC(=O)N(CCCN2CCOCC2)c2nc3ccc(F)cc3s2)c1. The number of hydrogen-bond donors (Lipinski definition) is 0. The number of nitrogens with zero attached hydrogens (tertiary/aromatic N) is 3. The van der Waals surface area contributed by atoms with E-state index in [4.69, 9.17) is 9.47 Å². The molecule has 0 spiro atoms. The van der Waals surface area contributed by atoms with Crippen LogP contribution in [0, 0.1) is 12.7 Å². The summed E-state index contributed by atoms with van der Waals surface area (Å²) in [5.74, 6) is 0.187. The number of carbonyl (C=O) groups excluding carboxylic acids is 1. The molecule has 0 radical (unpaired) electrons. The molecule has 164 valence electrons. The maximum atomic E-state index is 13.6. The topological polar surface area (TPSA) is 54.9 Å². The lowest BCUT2D eigenvalue weighted by Crippen LogP contribution is -2.40. The highest BCUT2D eigenvalue weighted by Gasteiger charge is 2.21. The molecule has 3 aromatic rings. The Bertz CT molecular complexity index is 1040. The second kappa shape index (κ2) is 10.2. The van der Waals surface area contributed by atoms with Crippen molar-refractivity contribution in [3.05, 3.63) is 53.8 Å². The first kappa shape index (κ1) is 21.7. The van der Waals surface area contributed by atoms with Gasteiger partial charge in [-0.25, -0.2) is 9.37 Å². The van der Waals surface area contributed by atoms with Gasteiger partial charge in [0, 0.05) is 26.2 Å². The quantitative estimate of drug-likeness (QED) is 0.529. The molecule has 1 aliphatic rings. The molecule has 31 heavy (non-hydrogen) atoms. The van der Waals surface area contributed by atoms with E-state index < -0.39 is 0 Å². The summed E-state index contributed by atoms with van der Waals surface area (Å²) in [4.78, 5) is 21.7. The molecule has 0 bridgehead atoms. The molecule has 0 unspecified atom stereocenters. The molecule has 1 aliphatic heterocycles. The van der Waals surface area contributed by atoms with Gasteiger partial charge in [0.1, 0.15) is 11.6 Å². The summed E-state index contributed by atoms with van der Waals surface area (Å²) in [5, 5.41) is 0.570. The second-order valence-corrected chi connectivity index (χ2v) is 8.58. The van der Waals surface area contributed by atoms with E-state index in [2.05, 4.69) is 9.88 Å². The lowest BCUT2D eigenvalue weighted by Gasteiger charge is -2.27. The summed E-state index contributed by atoms with van der Waals surface area (Å²) in [7, 11) is 0. The van der Waals surface area contributed by atoms with Crippen LogP contribution in [0.5, 0.6) is 5.75 Å². The van der Waals surface area contributed by atoms with Gasteiger partial charge in [0.05, 0.1) is 23.4 Å². The zero-order valence-corrected chi connectivity index (χ0v) is 18.4. The monoisotopic (exact) mass is 443 g/mol. The van der Waals surface area contributed by atoms with Crippen LogP contribution in [0.25, 0.3) is 10.2 Å². The van der Waals surface area contributed by atoms with Gasteiger partial charge >= 0.3 is 0 Å². The molecule has 2 heterocycles. The molecule has 8 heteroatoms. The zero-order chi connectivity index (χ0) is 21.6. The van der Waals surface area contributed by atoms with Crippen LogP contribution >= 0.6 is 11.3 Å². The van der Waals surface area contributed by atoms with Gasteiger partial charge in [0.2, 0.25) is 0 Å². The number of amides is 1. The summed E-state index contributed by atoms with van der Waals surface area (Å²) in [6.45, 7) is 6.61. The van der Waals surface area contributed by atoms with Crippen LogP contribution in [0.3, 0.4) is 0 Å². The number of fused-ring (bicyclic) bond motifs is 1. The second-order valence-electron chi connectivity index (χ2n) is 7.57. The third kappa shape index (κ3) is 5.78. The van der Waals surface area contributed by atoms with Crippen molar-refractivity contribution >= 4 is 32.6 Å². The van der Waals surface area contributed by atoms with Crippen LogP contribution < -0.4 is 9.64 Å². The number of ether oxygens (including phenoxy) is 2. The van der Waals surface area contributed by atoms with Gasteiger partial charge in [-0.1, -0.05) is 23.5 Å². The van der Waals surface area contributed by atoms with Crippen molar-refractivity contribution in [2.45, 2.75) is 13.3 Å². The number of thiazole rings is 1. The number of carbonyl (C=O) groups is 1.